The van der Waals surface area contributed by atoms with E-state index in [-0.39, 0.29) is 24.4 Å². The maximum atomic E-state index is 12.7. The summed E-state index contributed by atoms with van der Waals surface area (Å²) in [5.74, 6) is 0.595. The normalized spacial score (nSPS) is 16.7. The van der Waals surface area contributed by atoms with Gasteiger partial charge in [-0.05, 0) is 54.7 Å². The van der Waals surface area contributed by atoms with Crippen LogP contribution >= 0.6 is 12.2 Å². The molecule has 2 atom stereocenters. The first-order chi connectivity index (χ1) is 18.5. The van der Waals surface area contributed by atoms with Crippen molar-refractivity contribution in [2.75, 3.05) is 19.0 Å². The van der Waals surface area contributed by atoms with Crippen molar-refractivity contribution in [2.24, 2.45) is 0 Å². The minimum atomic E-state index is -0.445. The van der Waals surface area contributed by atoms with Gasteiger partial charge in [0, 0.05) is 30.4 Å². The van der Waals surface area contributed by atoms with Crippen molar-refractivity contribution in [3.63, 3.8) is 0 Å². The fourth-order valence-corrected chi connectivity index (χ4v) is 4.90. The zero-order valence-electron chi connectivity index (χ0n) is 20.7. The van der Waals surface area contributed by atoms with Gasteiger partial charge in [0.1, 0.15) is 17.6 Å². The van der Waals surface area contributed by atoms with Crippen molar-refractivity contribution in [1.82, 2.24) is 15.2 Å². The summed E-state index contributed by atoms with van der Waals surface area (Å²) in [5.41, 5.74) is 2.57. The molecule has 0 spiro atoms. The topological polar surface area (TPSA) is 96.7 Å². The number of nitrogens with one attached hydrogen (secondary N) is 2. The Kier molecular flexibility index (Phi) is 7.46. The number of benzene rings is 2. The van der Waals surface area contributed by atoms with Gasteiger partial charge < -0.3 is 24.7 Å². The van der Waals surface area contributed by atoms with E-state index in [1.165, 1.54) is 7.11 Å². The number of ether oxygens (including phenoxy) is 1. The maximum absolute atomic E-state index is 12.7. The molecule has 1 saturated heterocycles. The van der Waals surface area contributed by atoms with Crippen LogP contribution in [0.5, 0.6) is 0 Å². The molecule has 192 valence electrons. The van der Waals surface area contributed by atoms with Gasteiger partial charge in [0.25, 0.3) is 0 Å². The van der Waals surface area contributed by atoms with Crippen molar-refractivity contribution in [3.8, 4) is 11.3 Å². The highest BCUT2D eigenvalue weighted by Crippen LogP contribution is 2.40. The Bertz CT molecular complexity index is 1440. The highest BCUT2D eigenvalue weighted by Gasteiger charge is 2.41. The van der Waals surface area contributed by atoms with Gasteiger partial charge in [-0.25, -0.2) is 4.79 Å². The van der Waals surface area contributed by atoms with Crippen LogP contribution in [-0.2, 0) is 9.53 Å². The lowest BCUT2D eigenvalue weighted by molar-refractivity contribution is -0.116. The lowest BCUT2D eigenvalue weighted by atomic mass is 10.0. The van der Waals surface area contributed by atoms with Crippen molar-refractivity contribution >= 4 is 34.9 Å². The smallest absolute Gasteiger partial charge is 0.338 e. The Hall–Kier alpha value is -4.50. The molecule has 0 unspecified atom stereocenters. The van der Waals surface area contributed by atoms with E-state index in [0.29, 0.717) is 34.3 Å². The zero-order chi connectivity index (χ0) is 26.5. The molecule has 9 heteroatoms. The summed E-state index contributed by atoms with van der Waals surface area (Å²) in [6.07, 6.45) is 1.95. The van der Waals surface area contributed by atoms with E-state index in [2.05, 4.69) is 15.6 Å². The molecule has 8 nitrogen and oxygen atoms in total. The van der Waals surface area contributed by atoms with Crippen LogP contribution in [0.25, 0.3) is 11.3 Å². The number of carbonyl (C=O) groups is 2. The van der Waals surface area contributed by atoms with Gasteiger partial charge in [0.05, 0.1) is 24.4 Å². The fraction of sp³-hybridized carbons (Fsp3) is 0.172. The number of carbonyl (C=O) groups excluding carboxylic acids is 2. The number of esters is 1. The third-order valence-corrected chi connectivity index (χ3v) is 6.70. The summed E-state index contributed by atoms with van der Waals surface area (Å²) < 4.78 is 11.3. The van der Waals surface area contributed by atoms with Gasteiger partial charge in [-0.3, -0.25) is 9.78 Å². The third kappa shape index (κ3) is 5.28. The van der Waals surface area contributed by atoms with Crippen molar-refractivity contribution in [3.05, 3.63) is 108 Å². The predicted molar refractivity (Wildman–Crippen MR) is 147 cm³/mol. The molecule has 0 bridgehead atoms. The quantitative estimate of drug-likeness (QED) is 0.241. The summed E-state index contributed by atoms with van der Waals surface area (Å²) in [7, 11) is 1.35. The lowest BCUT2D eigenvalue weighted by Gasteiger charge is -2.25. The maximum Gasteiger partial charge on any atom is 0.338 e. The van der Waals surface area contributed by atoms with Gasteiger partial charge >= 0.3 is 5.97 Å². The Morgan fingerprint density at radius 2 is 1.79 bits per heavy atom. The molecule has 1 aliphatic rings. The Balaban J connectivity index is 1.44. The number of nitrogens with zero attached hydrogens (tertiary/aromatic N) is 2. The second kappa shape index (κ2) is 11.3. The molecule has 0 saturated carbocycles. The number of thiocarbonyl (C=S) groups is 1. The molecule has 2 aromatic heterocycles. The Morgan fingerprint density at radius 3 is 2.55 bits per heavy atom. The zero-order valence-corrected chi connectivity index (χ0v) is 21.5. The first-order valence-electron chi connectivity index (χ1n) is 12.2. The van der Waals surface area contributed by atoms with Gasteiger partial charge in [-0.1, -0.05) is 42.5 Å². The number of aromatic nitrogens is 1. The second-order valence-electron chi connectivity index (χ2n) is 8.72. The Morgan fingerprint density at radius 1 is 1.03 bits per heavy atom. The van der Waals surface area contributed by atoms with Gasteiger partial charge in [0.15, 0.2) is 5.11 Å². The first-order valence-corrected chi connectivity index (χ1v) is 12.6. The third-order valence-electron chi connectivity index (χ3n) is 6.35. The van der Waals surface area contributed by atoms with E-state index >= 15 is 0 Å². The van der Waals surface area contributed by atoms with E-state index in [9.17, 15) is 9.59 Å². The van der Waals surface area contributed by atoms with Crippen LogP contribution in [0.15, 0.2) is 95.5 Å². The molecule has 2 N–H and O–H groups in total. The number of rotatable bonds is 8. The first kappa shape index (κ1) is 25.2. The van der Waals surface area contributed by atoms with Crippen LogP contribution in [0, 0.1) is 0 Å². The van der Waals surface area contributed by atoms with E-state index in [0.717, 1.165) is 11.4 Å². The highest BCUT2D eigenvalue weighted by molar-refractivity contribution is 7.80. The molecule has 4 aromatic rings. The standard InChI is InChI=1S/C29H26N4O4S/c1-36-28(35)21-12-6-5-11-20(21)23-14-15-24(37-23)27-26(22-13-7-8-17-30-22)32-29(38)33(27)18-16-25(34)31-19-9-3-2-4-10-19/h2-15,17,26-27H,16,18H2,1H3,(H,31,34)(H,32,38)/t26-,27-/m1/s1. The van der Waals surface area contributed by atoms with Crippen LogP contribution < -0.4 is 10.6 Å². The molecular formula is C29H26N4O4S. The minimum Gasteiger partial charge on any atom is -0.465 e. The average molecular weight is 527 g/mol. The number of anilines is 1. The van der Waals surface area contributed by atoms with E-state index in [1.807, 2.05) is 77.7 Å². The van der Waals surface area contributed by atoms with E-state index in [4.69, 9.17) is 21.4 Å². The van der Waals surface area contributed by atoms with Crippen LogP contribution in [0.4, 0.5) is 5.69 Å². The molecule has 0 aliphatic carbocycles. The Labute approximate surface area is 225 Å². The summed E-state index contributed by atoms with van der Waals surface area (Å²) in [6, 6.07) is 25.2. The van der Waals surface area contributed by atoms with Gasteiger partial charge in [-0.15, -0.1) is 0 Å². The number of hydrogen-bond acceptors (Lipinski definition) is 6. The molecule has 38 heavy (non-hydrogen) atoms. The van der Waals surface area contributed by atoms with Crippen LogP contribution in [-0.4, -0.2) is 40.5 Å². The molecule has 5 rings (SSSR count). The van der Waals surface area contributed by atoms with Gasteiger partial charge in [-0.2, -0.15) is 0 Å². The molecule has 2 aromatic carbocycles. The molecular weight excluding hydrogens is 500 g/mol. The van der Waals surface area contributed by atoms with E-state index in [1.54, 1.807) is 18.3 Å². The molecule has 3 heterocycles. The summed E-state index contributed by atoms with van der Waals surface area (Å²) in [6.45, 7) is 0.368. The highest BCUT2D eigenvalue weighted by atomic mass is 32.1. The summed E-state index contributed by atoms with van der Waals surface area (Å²) in [4.78, 5) is 31.5. The number of methoxy groups -OCH3 is 1. The second-order valence-corrected chi connectivity index (χ2v) is 9.11. The van der Waals surface area contributed by atoms with Crippen LogP contribution in [0.2, 0.25) is 0 Å². The van der Waals surface area contributed by atoms with Crippen LogP contribution in [0.3, 0.4) is 0 Å². The van der Waals surface area contributed by atoms with E-state index < -0.39 is 5.97 Å². The minimum absolute atomic E-state index is 0.119. The van der Waals surface area contributed by atoms with Crippen LogP contribution in [0.1, 0.15) is 40.3 Å². The fourth-order valence-electron chi connectivity index (χ4n) is 4.56. The van der Waals surface area contributed by atoms with Gasteiger partial charge in [0.2, 0.25) is 5.91 Å². The number of pyridine rings is 1. The summed E-state index contributed by atoms with van der Waals surface area (Å²) >= 11 is 5.70. The lowest BCUT2D eigenvalue weighted by Crippen LogP contribution is -2.32. The monoisotopic (exact) mass is 526 g/mol. The summed E-state index contributed by atoms with van der Waals surface area (Å²) in [5, 5.41) is 6.78. The number of furan rings is 1. The van der Waals surface area contributed by atoms with Crippen molar-refractivity contribution in [2.45, 2.75) is 18.5 Å². The predicted octanol–water partition coefficient (Wildman–Crippen LogP) is 5.13. The van der Waals surface area contributed by atoms with Crippen molar-refractivity contribution in [1.29, 1.82) is 0 Å². The molecule has 1 aliphatic heterocycles. The number of para-hydroxylation sites is 1. The molecule has 0 radical (unpaired) electrons. The average Bonchev–Trinajstić information content (AvgIpc) is 3.57. The SMILES string of the molecule is COC(=O)c1ccccc1-c1ccc([C@@H]2[C@@H](c3ccccn3)NC(=S)N2CCC(=O)Nc2ccccc2)o1. The number of hydrogen-bond donors (Lipinski definition) is 2. The number of amides is 1. The largest absolute Gasteiger partial charge is 0.465 e. The molecule has 1 fully saturated rings. The molecule has 1 amide bonds. The van der Waals surface area contributed by atoms with Crippen molar-refractivity contribution < 1.29 is 18.7 Å².